The van der Waals surface area contributed by atoms with Crippen molar-refractivity contribution in [2.75, 3.05) is 26.7 Å². The van der Waals surface area contributed by atoms with E-state index in [-0.39, 0.29) is 7.92 Å². The van der Waals surface area contributed by atoms with Crippen molar-refractivity contribution >= 4 is 41.0 Å². The molecule has 0 spiro atoms. The molecule has 3 nitrogen and oxygen atoms in total. The fraction of sp³-hybridized carbons (Fsp3) is 0.0930. The van der Waals surface area contributed by atoms with Crippen molar-refractivity contribution in [3.05, 3.63) is 146 Å². The van der Waals surface area contributed by atoms with Crippen LogP contribution in [0.5, 0.6) is 0 Å². The van der Waals surface area contributed by atoms with Gasteiger partial charge >= 0.3 is 0 Å². The zero-order valence-electron chi connectivity index (χ0n) is 28.1. The van der Waals surface area contributed by atoms with Gasteiger partial charge in [-0.05, 0) is 76.0 Å². The van der Waals surface area contributed by atoms with E-state index in [1.807, 2.05) is 0 Å². The van der Waals surface area contributed by atoms with Gasteiger partial charge in [0, 0.05) is 16.7 Å². The Bertz CT molecular complexity index is 2050. The number of hydrogen-bond donors (Lipinski definition) is 0. The largest absolute Gasteiger partial charge is 0.208 e. The smallest absolute Gasteiger partial charge is 0.164 e. The van der Waals surface area contributed by atoms with Crippen LogP contribution in [0.3, 0.4) is 0 Å². The second kappa shape index (κ2) is 15.0. The molecule has 49 heavy (non-hydrogen) atoms. The third-order valence-corrected chi connectivity index (χ3v) is 11.9. The Balaban J connectivity index is 1.24. The molecule has 7 rings (SSSR count). The molecule has 2 atom stereocenters. The molecule has 0 aliphatic rings. The first kappa shape index (κ1) is 33.1. The van der Waals surface area contributed by atoms with Gasteiger partial charge in [-0.1, -0.05) is 171 Å². The molecule has 7 aromatic rings. The third kappa shape index (κ3) is 7.61. The SMILES string of the molecule is CPc1ccc(-c2ccc(-c3nc(-c4ccc(-c5ccc(PC)cc5)cc4)nc(-c4ccc(-c5ccc(P(C)C)cc5)cc4)n3)cc2)cc1. The molecular formula is C43H38N3P3. The van der Waals surface area contributed by atoms with Gasteiger partial charge in [0.25, 0.3) is 0 Å². The maximum Gasteiger partial charge on any atom is 0.164 e. The summed E-state index contributed by atoms with van der Waals surface area (Å²) >= 11 is 0. The minimum atomic E-state index is -0.111. The molecule has 0 amide bonds. The zero-order chi connectivity index (χ0) is 33.7. The molecule has 0 N–H and O–H groups in total. The lowest BCUT2D eigenvalue weighted by atomic mass is 10.0. The first-order chi connectivity index (χ1) is 24.0. The molecule has 1 heterocycles. The molecule has 0 aliphatic heterocycles. The molecule has 0 saturated carbocycles. The van der Waals surface area contributed by atoms with Crippen LogP contribution in [0.1, 0.15) is 0 Å². The molecule has 0 aliphatic carbocycles. The van der Waals surface area contributed by atoms with Crippen molar-refractivity contribution in [1.82, 2.24) is 15.0 Å². The van der Waals surface area contributed by atoms with E-state index in [4.69, 9.17) is 15.0 Å². The molecule has 0 radical (unpaired) electrons. The van der Waals surface area contributed by atoms with Crippen LogP contribution in [0.15, 0.2) is 146 Å². The number of rotatable bonds is 9. The minimum absolute atomic E-state index is 0.111. The summed E-state index contributed by atoms with van der Waals surface area (Å²) in [5.41, 5.74) is 10.00. The van der Waals surface area contributed by atoms with E-state index >= 15 is 0 Å². The average Bonchev–Trinajstić information content (AvgIpc) is 3.18. The van der Waals surface area contributed by atoms with Crippen molar-refractivity contribution in [1.29, 1.82) is 0 Å². The van der Waals surface area contributed by atoms with Crippen molar-refractivity contribution in [2.24, 2.45) is 0 Å². The van der Waals surface area contributed by atoms with Gasteiger partial charge in [0.05, 0.1) is 0 Å². The van der Waals surface area contributed by atoms with E-state index in [1.165, 1.54) is 49.3 Å². The Morgan fingerprint density at radius 1 is 0.327 bits per heavy atom. The first-order valence-electron chi connectivity index (χ1n) is 16.4. The van der Waals surface area contributed by atoms with Gasteiger partial charge in [-0.25, -0.2) is 15.0 Å². The highest BCUT2D eigenvalue weighted by molar-refractivity contribution is 7.64. The fourth-order valence-electron chi connectivity index (χ4n) is 5.81. The number of aromatic nitrogens is 3. The van der Waals surface area contributed by atoms with Crippen molar-refractivity contribution in [3.8, 4) is 67.5 Å². The highest BCUT2D eigenvalue weighted by Crippen LogP contribution is 2.31. The van der Waals surface area contributed by atoms with E-state index in [2.05, 4.69) is 172 Å². The van der Waals surface area contributed by atoms with Gasteiger partial charge < -0.3 is 0 Å². The molecule has 0 saturated heterocycles. The number of benzene rings is 6. The van der Waals surface area contributed by atoms with Crippen LogP contribution < -0.4 is 15.9 Å². The first-order valence-corrected chi connectivity index (χ1v) is 21.6. The van der Waals surface area contributed by atoms with Crippen molar-refractivity contribution < 1.29 is 0 Å². The van der Waals surface area contributed by atoms with Crippen LogP contribution in [0.2, 0.25) is 0 Å². The minimum Gasteiger partial charge on any atom is -0.208 e. The lowest BCUT2D eigenvalue weighted by Crippen LogP contribution is -2.00. The zero-order valence-corrected chi connectivity index (χ0v) is 31.0. The fourth-order valence-corrected chi connectivity index (χ4v) is 7.55. The topological polar surface area (TPSA) is 38.7 Å². The van der Waals surface area contributed by atoms with Gasteiger partial charge in [-0.15, -0.1) is 0 Å². The Morgan fingerprint density at radius 2 is 0.551 bits per heavy atom. The number of hydrogen-bond acceptors (Lipinski definition) is 3. The molecule has 1 aromatic heterocycles. The van der Waals surface area contributed by atoms with E-state index in [0.717, 1.165) is 33.9 Å². The van der Waals surface area contributed by atoms with Crippen LogP contribution in [0, 0.1) is 0 Å². The molecule has 240 valence electrons. The summed E-state index contributed by atoms with van der Waals surface area (Å²) in [6.07, 6.45) is 0. The van der Waals surface area contributed by atoms with Gasteiger partial charge in [-0.3, -0.25) is 0 Å². The Labute approximate surface area is 294 Å². The van der Waals surface area contributed by atoms with E-state index < -0.39 is 0 Å². The maximum atomic E-state index is 5.02. The Kier molecular flexibility index (Phi) is 10.2. The molecule has 0 bridgehead atoms. The predicted molar refractivity (Wildman–Crippen MR) is 219 cm³/mol. The average molecular weight is 690 g/mol. The summed E-state index contributed by atoms with van der Waals surface area (Å²) in [6.45, 7) is 8.99. The summed E-state index contributed by atoms with van der Waals surface area (Å²) in [6, 6.07) is 52.2. The van der Waals surface area contributed by atoms with E-state index in [1.54, 1.807) is 0 Å². The summed E-state index contributed by atoms with van der Waals surface area (Å²) in [4.78, 5) is 15.1. The molecule has 0 fully saturated rings. The van der Waals surface area contributed by atoms with Crippen LogP contribution in [0.25, 0.3) is 67.5 Å². The predicted octanol–water partition coefficient (Wildman–Crippen LogP) is 10.1. The van der Waals surface area contributed by atoms with Crippen molar-refractivity contribution in [3.63, 3.8) is 0 Å². The van der Waals surface area contributed by atoms with Gasteiger partial charge in [0.1, 0.15) is 0 Å². The Morgan fingerprint density at radius 3 is 0.796 bits per heavy atom. The number of nitrogens with zero attached hydrogens (tertiary/aromatic N) is 3. The van der Waals surface area contributed by atoms with Gasteiger partial charge in [0.15, 0.2) is 17.5 Å². The summed E-state index contributed by atoms with van der Waals surface area (Å²) in [7, 11) is 1.48. The second-order valence-electron chi connectivity index (χ2n) is 12.1. The van der Waals surface area contributed by atoms with Crippen LogP contribution in [-0.2, 0) is 0 Å². The monoisotopic (exact) mass is 689 g/mol. The highest BCUT2D eigenvalue weighted by Gasteiger charge is 2.14. The standard InChI is InChI=1S/C43H38N3P3/c1-47-38-23-17-32(18-24-38)29-5-11-35(12-6-29)41-44-42(36-13-7-30(8-14-36)33-19-25-39(48-2)26-20-33)46-43(45-41)37-15-9-31(10-16-37)34-21-27-40(28-22-34)49(3)4/h5-28,47-48H,1-4H3. The molecular weight excluding hydrogens is 651 g/mol. The van der Waals surface area contributed by atoms with Crippen LogP contribution in [0.4, 0.5) is 0 Å². The Hall–Kier alpha value is -4.38. The van der Waals surface area contributed by atoms with Crippen molar-refractivity contribution in [2.45, 2.75) is 0 Å². The van der Waals surface area contributed by atoms with Gasteiger partial charge in [0.2, 0.25) is 0 Å². The summed E-state index contributed by atoms with van der Waals surface area (Å²) in [5, 5.41) is 4.14. The highest BCUT2D eigenvalue weighted by atomic mass is 31.1. The van der Waals surface area contributed by atoms with Gasteiger partial charge in [-0.2, -0.15) is 0 Å². The van der Waals surface area contributed by atoms with E-state index in [0.29, 0.717) is 17.5 Å². The molecule has 6 aromatic carbocycles. The molecule has 2 unspecified atom stereocenters. The molecule has 6 heteroatoms. The maximum absolute atomic E-state index is 5.02. The lowest BCUT2D eigenvalue weighted by Gasteiger charge is -2.11. The lowest BCUT2D eigenvalue weighted by molar-refractivity contribution is 1.07. The summed E-state index contributed by atoms with van der Waals surface area (Å²) in [5.74, 6) is 1.97. The normalized spacial score (nSPS) is 11.7. The van der Waals surface area contributed by atoms with E-state index in [9.17, 15) is 0 Å². The third-order valence-electron chi connectivity index (χ3n) is 8.80. The van der Waals surface area contributed by atoms with Crippen LogP contribution in [-0.4, -0.2) is 41.6 Å². The second-order valence-corrected chi connectivity index (χ2v) is 16.6. The van der Waals surface area contributed by atoms with Crippen LogP contribution >= 0.6 is 25.1 Å². The summed E-state index contributed by atoms with van der Waals surface area (Å²) < 4.78 is 0. The quantitative estimate of drug-likeness (QED) is 0.142.